The number of benzene rings is 2. The van der Waals surface area contributed by atoms with Crippen LogP contribution in [-0.4, -0.2) is 25.2 Å². The number of hydrogen-bond acceptors (Lipinski definition) is 1. The molecule has 0 saturated carbocycles. The van der Waals surface area contributed by atoms with E-state index in [0.29, 0.717) is 0 Å². The molecule has 152 valence electrons. The van der Waals surface area contributed by atoms with E-state index in [1.54, 1.807) is 0 Å². The maximum absolute atomic E-state index is 4.35. The smallest absolute Gasteiger partial charge is 0.0121 e. The van der Waals surface area contributed by atoms with E-state index in [1.807, 2.05) is 0 Å². The molecule has 29 heavy (non-hydrogen) atoms. The molecule has 0 spiro atoms. The first-order valence-corrected chi connectivity index (χ1v) is 11.4. The summed E-state index contributed by atoms with van der Waals surface area (Å²) in [6.45, 7) is 10.8. The molecule has 0 amide bonds. The molecule has 1 aliphatic carbocycles. The lowest BCUT2D eigenvalue weighted by atomic mass is 9.81. The molecule has 3 rings (SSSR count). The molecule has 0 saturated heterocycles. The van der Waals surface area contributed by atoms with Crippen molar-refractivity contribution in [3.63, 3.8) is 0 Å². The molecule has 0 aromatic heterocycles. The van der Waals surface area contributed by atoms with Crippen molar-refractivity contribution in [3.05, 3.63) is 94.7 Å². The van der Waals surface area contributed by atoms with E-state index in [0.717, 1.165) is 24.1 Å². The van der Waals surface area contributed by atoms with E-state index in [9.17, 15) is 0 Å². The van der Waals surface area contributed by atoms with Crippen LogP contribution in [0.4, 0.5) is 0 Å². The Balaban J connectivity index is 1.83. The van der Waals surface area contributed by atoms with Gasteiger partial charge >= 0.3 is 0 Å². The number of rotatable bonds is 8. The average molecular weight is 404 g/mol. The number of fused-ring (bicyclic) bond motifs is 1. The van der Waals surface area contributed by atoms with Gasteiger partial charge in [0.1, 0.15) is 0 Å². The van der Waals surface area contributed by atoms with Crippen LogP contribution in [0, 0.1) is 6.92 Å². The molecular weight excluding hydrogens is 369 g/mol. The fourth-order valence-electron chi connectivity index (χ4n) is 3.98. The summed E-state index contributed by atoms with van der Waals surface area (Å²) in [4.78, 5) is 2.10. The van der Waals surface area contributed by atoms with Gasteiger partial charge in [-0.3, -0.25) is 0 Å². The minimum Gasteiger partial charge on any atom is -0.381 e. The van der Waals surface area contributed by atoms with Gasteiger partial charge in [0.15, 0.2) is 0 Å². The molecule has 0 fully saturated rings. The van der Waals surface area contributed by atoms with Crippen molar-refractivity contribution in [2.45, 2.75) is 39.0 Å². The number of unbranched alkanes of at least 4 members (excludes halogenated alkanes) is 1. The maximum atomic E-state index is 4.35. The summed E-state index contributed by atoms with van der Waals surface area (Å²) in [5.41, 5.74) is 11.8. The Bertz CT molecular complexity index is 932. The van der Waals surface area contributed by atoms with Gasteiger partial charge in [-0.2, -0.15) is 0 Å². The molecule has 1 atom stereocenters. The number of aryl methyl sites for hydroxylation is 1. The van der Waals surface area contributed by atoms with Gasteiger partial charge in [0.25, 0.3) is 0 Å². The van der Waals surface area contributed by atoms with Gasteiger partial charge in [-0.25, -0.2) is 0 Å². The molecule has 0 N–H and O–H groups in total. The normalized spacial score (nSPS) is 13.1. The van der Waals surface area contributed by atoms with Crippen LogP contribution < -0.4 is 0 Å². The zero-order valence-electron chi connectivity index (χ0n) is 18.2. The van der Waals surface area contributed by atoms with Crippen molar-refractivity contribution in [2.75, 3.05) is 20.3 Å². The largest absolute Gasteiger partial charge is 0.381 e. The first-order chi connectivity index (χ1) is 13.9. The number of hydrogen-bond donors (Lipinski definition) is 0. The Morgan fingerprint density at radius 1 is 1.07 bits per heavy atom. The lowest BCUT2D eigenvalue weighted by molar-refractivity contribution is 0.501. The van der Waals surface area contributed by atoms with E-state index in [2.05, 4.69) is 90.8 Å². The van der Waals surface area contributed by atoms with Crippen LogP contribution in [0.1, 0.15) is 46.2 Å². The van der Waals surface area contributed by atoms with Crippen molar-refractivity contribution in [1.82, 2.24) is 4.90 Å². The highest BCUT2D eigenvalue weighted by Crippen LogP contribution is 2.36. The third-order valence-electron chi connectivity index (χ3n) is 6.04. The van der Waals surface area contributed by atoms with Crippen LogP contribution >= 0.6 is 9.24 Å². The van der Waals surface area contributed by atoms with Gasteiger partial charge in [0.2, 0.25) is 0 Å². The van der Waals surface area contributed by atoms with Gasteiger partial charge in [-0.1, -0.05) is 55.6 Å². The first kappa shape index (κ1) is 21.6. The van der Waals surface area contributed by atoms with Crippen LogP contribution in [0.3, 0.4) is 0 Å². The topological polar surface area (TPSA) is 3.24 Å². The summed E-state index contributed by atoms with van der Waals surface area (Å²) in [7, 11) is 6.93. The zero-order valence-corrected chi connectivity index (χ0v) is 19.4. The Hall–Kier alpha value is -2.11. The molecule has 1 nitrogen and oxygen atoms in total. The molecule has 2 heteroatoms. The summed E-state index contributed by atoms with van der Waals surface area (Å²) >= 11 is 0. The third-order valence-corrected chi connectivity index (χ3v) is 6.45. The second-order valence-corrected chi connectivity index (χ2v) is 8.90. The van der Waals surface area contributed by atoms with E-state index >= 15 is 0 Å². The third kappa shape index (κ3) is 5.09. The van der Waals surface area contributed by atoms with Crippen molar-refractivity contribution >= 4 is 20.4 Å². The minimum absolute atomic E-state index is 0.891. The highest BCUT2D eigenvalue weighted by atomic mass is 31.0. The molecular formula is C27H34NP. The maximum Gasteiger partial charge on any atom is 0.0121 e. The highest BCUT2D eigenvalue weighted by Gasteiger charge is 2.19. The van der Waals surface area contributed by atoms with Gasteiger partial charge in [-0.05, 0) is 83.3 Å². The Kier molecular flexibility index (Phi) is 7.14. The summed E-state index contributed by atoms with van der Waals surface area (Å²) in [5.74, 6) is 0. The second-order valence-electron chi connectivity index (χ2n) is 8.33. The molecule has 2 aromatic rings. The number of likely N-dealkylation sites (N-methyl/N-ethyl adjacent to an activating group) is 1. The van der Waals surface area contributed by atoms with Crippen LogP contribution in [0.5, 0.6) is 0 Å². The Labute approximate surface area is 179 Å². The average Bonchev–Trinajstić information content (AvgIpc) is 2.71. The minimum atomic E-state index is 0.891. The van der Waals surface area contributed by atoms with Gasteiger partial charge in [0.05, 0.1) is 0 Å². The van der Waals surface area contributed by atoms with E-state index in [1.165, 1.54) is 64.4 Å². The van der Waals surface area contributed by atoms with E-state index < -0.39 is 0 Å². The van der Waals surface area contributed by atoms with Crippen LogP contribution in [0.25, 0.3) is 11.1 Å². The molecule has 0 bridgehead atoms. The molecule has 0 aliphatic heterocycles. The Morgan fingerprint density at radius 2 is 1.79 bits per heavy atom. The predicted octanol–water partition coefficient (Wildman–Crippen LogP) is 6.46. The quantitative estimate of drug-likeness (QED) is 0.361. The molecule has 2 aromatic carbocycles. The van der Waals surface area contributed by atoms with Crippen molar-refractivity contribution in [1.29, 1.82) is 0 Å². The summed E-state index contributed by atoms with van der Waals surface area (Å²) < 4.78 is 0. The fourth-order valence-corrected chi connectivity index (χ4v) is 4.27. The molecule has 0 heterocycles. The van der Waals surface area contributed by atoms with E-state index in [4.69, 9.17) is 0 Å². The molecule has 1 aliphatic rings. The van der Waals surface area contributed by atoms with Gasteiger partial charge in [-0.15, -0.1) is 9.24 Å². The molecule has 0 radical (unpaired) electrons. The van der Waals surface area contributed by atoms with Crippen molar-refractivity contribution in [2.24, 2.45) is 0 Å². The lowest BCUT2D eigenvalue weighted by Crippen LogP contribution is -2.13. The number of allylic oxidation sites excluding steroid dienone is 4. The highest BCUT2D eigenvalue weighted by molar-refractivity contribution is 7.16. The summed E-state index contributed by atoms with van der Waals surface area (Å²) in [6.07, 6.45) is 9.02. The van der Waals surface area contributed by atoms with Crippen molar-refractivity contribution < 1.29 is 0 Å². The molecule has 1 unspecified atom stereocenters. The first-order valence-electron chi connectivity index (χ1n) is 10.6. The van der Waals surface area contributed by atoms with Crippen molar-refractivity contribution in [3.8, 4) is 0 Å². The van der Waals surface area contributed by atoms with E-state index in [-0.39, 0.29) is 0 Å². The number of nitrogens with zero attached hydrogens (tertiary/aromatic N) is 1. The summed E-state index contributed by atoms with van der Waals surface area (Å²) in [5, 5.41) is 0. The van der Waals surface area contributed by atoms with Gasteiger partial charge < -0.3 is 4.90 Å². The Morgan fingerprint density at radius 3 is 2.45 bits per heavy atom. The lowest BCUT2D eigenvalue weighted by Gasteiger charge is -2.24. The fraction of sp³-hybridized carbons (Fsp3) is 0.333. The zero-order chi connectivity index (χ0) is 21.0. The second kappa shape index (κ2) is 9.59. The van der Waals surface area contributed by atoms with Gasteiger partial charge in [0, 0.05) is 26.2 Å². The summed E-state index contributed by atoms with van der Waals surface area (Å²) in [6, 6.07) is 13.6. The van der Waals surface area contributed by atoms with Crippen LogP contribution in [0.15, 0.2) is 61.3 Å². The predicted molar refractivity (Wildman–Crippen MR) is 132 cm³/mol. The van der Waals surface area contributed by atoms with Crippen LogP contribution in [0.2, 0.25) is 0 Å². The monoisotopic (exact) mass is 403 g/mol. The SMILES string of the molecule is C=C1C=C(c2ccc(CCCCP)cc2)Cc2c1ccc(CC(=C)N(C)C)c2C. The standard InChI is InChI=1S/C27H34NP/c1-19-16-25(23-11-9-22(10-12-23)8-6-7-15-29)18-27-21(3)24(13-14-26(19)27)17-20(2)28(4)5/h9-14,16H,1-2,6-8,15,17-18,29H2,3-5H3. The van der Waals surface area contributed by atoms with Crippen LogP contribution in [-0.2, 0) is 19.3 Å².